The van der Waals surface area contributed by atoms with Crippen molar-refractivity contribution in [3.8, 4) is 0 Å². The van der Waals surface area contributed by atoms with Gasteiger partial charge in [-0.15, -0.1) is 0 Å². The molecule has 1 aromatic carbocycles. The maximum absolute atomic E-state index is 13.7. The molecule has 1 saturated carbocycles. The molecule has 2 aliphatic rings. The van der Waals surface area contributed by atoms with Crippen LogP contribution in [0, 0.1) is 11.7 Å². The third kappa shape index (κ3) is 2.83. The van der Waals surface area contributed by atoms with Crippen molar-refractivity contribution in [2.45, 2.75) is 12.3 Å². The second-order valence-corrected chi connectivity index (χ2v) is 5.83. The lowest BCUT2D eigenvalue weighted by Crippen LogP contribution is -2.51. The van der Waals surface area contributed by atoms with E-state index in [2.05, 4.69) is 0 Å². The summed E-state index contributed by atoms with van der Waals surface area (Å²) in [5.74, 6) is -0.670. The highest BCUT2D eigenvalue weighted by atomic mass is 19.1. The molecule has 1 aliphatic carbocycles. The van der Waals surface area contributed by atoms with E-state index in [9.17, 15) is 14.0 Å². The predicted octanol–water partition coefficient (Wildman–Crippen LogP) is 0.592. The van der Waals surface area contributed by atoms with Gasteiger partial charge in [-0.1, -0.05) is 18.2 Å². The van der Waals surface area contributed by atoms with Gasteiger partial charge in [-0.3, -0.25) is 9.59 Å². The van der Waals surface area contributed by atoms with Gasteiger partial charge in [-0.25, -0.2) is 4.39 Å². The van der Waals surface area contributed by atoms with Gasteiger partial charge in [0.15, 0.2) is 0 Å². The lowest BCUT2D eigenvalue weighted by atomic mass is 10.1. The zero-order chi connectivity index (χ0) is 15.7. The first-order valence-electron chi connectivity index (χ1n) is 7.53. The second-order valence-electron chi connectivity index (χ2n) is 5.83. The summed E-state index contributed by atoms with van der Waals surface area (Å²) in [6.07, 6.45) is 0.690. The lowest BCUT2D eigenvalue weighted by molar-refractivity contribution is -0.141. The van der Waals surface area contributed by atoms with Crippen LogP contribution >= 0.6 is 0 Å². The number of benzene rings is 1. The Morgan fingerprint density at radius 2 is 1.77 bits per heavy atom. The zero-order valence-electron chi connectivity index (χ0n) is 12.2. The molecule has 1 aromatic rings. The van der Waals surface area contributed by atoms with Crippen molar-refractivity contribution in [2.75, 3.05) is 32.8 Å². The Hall–Kier alpha value is -1.95. The molecular weight excluding hydrogens is 287 g/mol. The van der Waals surface area contributed by atoms with Crippen LogP contribution in [0.4, 0.5) is 4.39 Å². The molecule has 0 spiro atoms. The molecule has 6 heteroatoms. The highest BCUT2D eigenvalue weighted by molar-refractivity contribution is 5.83. The molecule has 1 N–H and O–H groups in total. The maximum Gasteiger partial charge on any atom is 0.248 e. The largest absolute Gasteiger partial charge is 0.387 e. The Morgan fingerprint density at radius 1 is 1.14 bits per heavy atom. The number of carbonyl (C=O) groups excluding carboxylic acids is 2. The molecule has 1 heterocycles. The molecule has 2 fully saturated rings. The average molecular weight is 306 g/mol. The van der Waals surface area contributed by atoms with Crippen LogP contribution in [0.3, 0.4) is 0 Å². The second kappa shape index (κ2) is 6.04. The molecule has 2 unspecified atom stereocenters. The normalized spacial score (nSPS) is 24.3. The maximum atomic E-state index is 13.7. The summed E-state index contributed by atoms with van der Waals surface area (Å²) in [5, 5.41) is 8.84. The molecule has 2 amide bonds. The SMILES string of the molecule is O=C(CO)N1CCN(C(=O)C2CC2c2ccccc2F)CC1. The lowest BCUT2D eigenvalue weighted by Gasteiger charge is -2.34. The van der Waals surface area contributed by atoms with Crippen molar-refractivity contribution in [1.29, 1.82) is 0 Å². The van der Waals surface area contributed by atoms with Gasteiger partial charge in [0.1, 0.15) is 12.4 Å². The minimum atomic E-state index is -0.494. The molecular formula is C16H19FN2O3. The molecule has 22 heavy (non-hydrogen) atoms. The number of piperazine rings is 1. The van der Waals surface area contributed by atoms with Crippen molar-refractivity contribution < 1.29 is 19.1 Å². The summed E-state index contributed by atoms with van der Waals surface area (Å²) in [5.41, 5.74) is 0.620. The average Bonchev–Trinajstić information content (AvgIpc) is 3.34. The van der Waals surface area contributed by atoms with Gasteiger partial charge in [0.2, 0.25) is 11.8 Å². The van der Waals surface area contributed by atoms with Crippen LogP contribution < -0.4 is 0 Å². The molecule has 1 aliphatic heterocycles. The smallest absolute Gasteiger partial charge is 0.248 e. The number of halogens is 1. The molecule has 0 bridgehead atoms. The first kappa shape index (κ1) is 15.0. The molecule has 5 nitrogen and oxygen atoms in total. The summed E-state index contributed by atoms with van der Waals surface area (Å²) in [6.45, 7) is 1.35. The summed E-state index contributed by atoms with van der Waals surface area (Å²) in [7, 11) is 0. The van der Waals surface area contributed by atoms with Gasteiger partial charge in [0.05, 0.1) is 0 Å². The number of carbonyl (C=O) groups is 2. The monoisotopic (exact) mass is 306 g/mol. The van der Waals surface area contributed by atoms with Crippen molar-refractivity contribution in [2.24, 2.45) is 5.92 Å². The van der Waals surface area contributed by atoms with Crippen molar-refractivity contribution >= 4 is 11.8 Å². The van der Waals surface area contributed by atoms with Crippen molar-refractivity contribution in [1.82, 2.24) is 9.80 Å². The molecule has 2 atom stereocenters. The summed E-state index contributed by atoms with van der Waals surface area (Å²) in [6, 6.07) is 6.60. The van der Waals surface area contributed by atoms with E-state index >= 15 is 0 Å². The van der Waals surface area contributed by atoms with Crippen LogP contribution in [0.2, 0.25) is 0 Å². The van der Waals surface area contributed by atoms with Gasteiger partial charge >= 0.3 is 0 Å². The van der Waals surface area contributed by atoms with Gasteiger partial charge < -0.3 is 14.9 Å². The number of hydrogen-bond donors (Lipinski definition) is 1. The van der Waals surface area contributed by atoms with E-state index < -0.39 is 6.61 Å². The summed E-state index contributed by atoms with van der Waals surface area (Å²) >= 11 is 0. The molecule has 3 rings (SSSR count). The highest BCUT2D eigenvalue weighted by Crippen LogP contribution is 2.49. The minimum Gasteiger partial charge on any atom is -0.387 e. The zero-order valence-corrected chi connectivity index (χ0v) is 12.2. The fourth-order valence-corrected chi connectivity index (χ4v) is 3.10. The van der Waals surface area contributed by atoms with Crippen molar-refractivity contribution in [3.63, 3.8) is 0 Å². The fraction of sp³-hybridized carbons (Fsp3) is 0.500. The van der Waals surface area contributed by atoms with Crippen molar-refractivity contribution in [3.05, 3.63) is 35.6 Å². The van der Waals surface area contributed by atoms with E-state index in [1.165, 1.54) is 6.07 Å². The number of nitrogens with zero attached hydrogens (tertiary/aromatic N) is 2. The summed E-state index contributed by atoms with van der Waals surface area (Å²) < 4.78 is 13.7. The standard InChI is InChI=1S/C16H19FN2O3/c17-14-4-2-1-3-11(14)12-9-13(12)16(22)19-7-5-18(6-8-19)15(21)10-20/h1-4,12-13,20H,5-10H2. The summed E-state index contributed by atoms with van der Waals surface area (Å²) in [4.78, 5) is 27.2. The fourth-order valence-electron chi connectivity index (χ4n) is 3.10. The van der Waals surface area contributed by atoms with Crippen LogP contribution in [-0.2, 0) is 9.59 Å². The predicted molar refractivity (Wildman–Crippen MR) is 77.5 cm³/mol. The van der Waals surface area contributed by atoms with E-state index in [0.29, 0.717) is 38.2 Å². The van der Waals surface area contributed by atoms with Gasteiger partial charge in [0, 0.05) is 32.1 Å². The quantitative estimate of drug-likeness (QED) is 0.889. The Balaban J connectivity index is 1.56. The van der Waals surface area contributed by atoms with Crippen LogP contribution in [0.5, 0.6) is 0 Å². The topological polar surface area (TPSA) is 60.9 Å². The van der Waals surface area contributed by atoms with Gasteiger partial charge in [-0.2, -0.15) is 0 Å². The van der Waals surface area contributed by atoms with Crippen LogP contribution in [0.15, 0.2) is 24.3 Å². The Labute approximate surface area is 128 Å². The third-order valence-corrected chi connectivity index (χ3v) is 4.49. The number of amides is 2. The number of hydrogen-bond acceptors (Lipinski definition) is 3. The third-order valence-electron chi connectivity index (χ3n) is 4.49. The van der Waals surface area contributed by atoms with E-state index in [-0.39, 0.29) is 29.5 Å². The number of aliphatic hydroxyl groups excluding tert-OH is 1. The van der Waals surface area contributed by atoms with Gasteiger partial charge in [-0.05, 0) is 24.0 Å². The Bertz CT molecular complexity index is 585. The molecule has 0 aromatic heterocycles. The molecule has 1 saturated heterocycles. The Kier molecular flexibility index (Phi) is 4.11. The van der Waals surface area contributed by atoms with Crippen LogP contribution in [-0.4, -0.2) is 59.5 Å². The Morgan fingerprint density at radius 3 is 2.41 bits per heavy atom. The first-order chi connectivity index (χ1) is 10.6. The number of aliphatic hydroxyl groups is 1. The highest BCUT2D eigenvalue weighted by Gasteiger charge is 2.47. The first-order valence-corrected chi connectivity index (χ1v) is 7.53. The van der Waals surface area contributed by atoms with E-state index in [4.69, 9.17) is 5.11 Å². The molecule has 118 valence electrons. The van der Waals surface area contributed by atoms with Gasteiger partial charge in [0.25, 0.3) is 0 Å². The van der Waals surface area contributed by atoms with E-state index in [1.807, 2.05) is 0 Å². The molecule has 0 radical (unpaired) electrons. The van der Waals surface area contributed by atoms with Crippen LogP contribution in [0.25, 0.3) is 0 Å². The minimum absolute atomic E-state index is 0.0224. The van der Waals surface area contributed by atoms with Crippen LogP contribution in [0.1, 0.15) is 17.9 Å². The number of rotatable bonds is 3. The van der Waals surface area contributed by atoms with E-state index in [1.54, 1.807) is 28.0 Å². The van der Waals surface area contributed by atoms with E-state index in [0.717, 1.165) is 0 Å².